The molecule has 3 aromatic rings. The summed E-state index contributed by atoms with van der Waals surface area (Å²) in [6.45, 7) is 1.30. The number of benzene rings is 1. The van der Waals surface area contributed by atoms with Crippen LogP contribution in [0.5, 0.6) is 0 Å². The summed E-state index contributed by atoms with van der Waals surface area (Å²) in [6.07, 6.45) is 4.76. The van der Waals surface area contributed by atoms with E-state index < -0.39 is 17.5 Å². The van der Waals surface area contributed by atoms with Crippen molar-refractivity contribution in [2.24, 2.45) is 5.73 Å². The van der Waals surface area contributed by atoms with Gasteiger partial charge in [-0.3, -0.25) is 9.59 Å². The minimum Gasteiger partial charge on any atom is -0.380 e. The van der Waals surface area contributed by atoms with E-state index >= 15 is 0 Å². The molecule has 0 spiro atoms. The zero-order valence-corrected chi connectivity index (χ0v) is 17.6. The third-order valence-electron chi connectivity index (χ3n) is 5.35. The smallest absolute Gasteiger partial charge is 0.255 e. The highest BCUT2D eigenvalue weighted by atomic mass is 19.1. The number of aromatic nitrogens is 2. The summed E-state index contributed by atoms with van der Waals surface area (Å²) in [6, 6.07) is 8.39. The Morgan fingerprint density at radius 2 is 1.70 bits per heavy atom. The van der Waals surface area contributed by atoms with Gasteiger partial charge in [-0.2, -0.15) is 0 Å². The SMILES string of the molecule is NC(=O)c1cnc(Nc2ccc(C(=O)N3CCCC3)cn2)cc1NCc1c(F)cccc1F. The van der Waals surface area contributed by atoms with E-state index in [0.717, 1.165) is 38.1 Å². The van der Waals surface area contributed by atoms with Gasteiger partial charge in [0.25, 0.3) is 11.8 Å². The van der Waals surface area contributed by atoms with Crippen molar-refractivity contribution in [2.75, 3.05) is 23.7 Å². The number of rotatable bonds is 7. The molecule has 0 saturated carbocycles. The first-order chi connectivity index (χ1) is 15.9. The molecule has 0 radical (unpaired) electrons. The molecule has 0 bridgehead atoms. The minimum absolute atomic E-state index is 0.0534. The maximum atomic E-state index is 13.9. The molecule has 33 heavy (non-hydrogen) atoms. The second-order valence-corrected chi connectivity index (χ2v) is 7.59. The highest BCUT2D eigenvalue weighted by molar-refractivity contribution is 5.98. The lowest BCUT2D eigenvalue weighted by molar-refractivity contribution is 0.0792. The molecule has 2 aromatic heterocycles. The largest absolute Gasteiger partial charge is 0.380 e. The number of pyridine rings is 2. The van der Waals surface area contributed by atoms with Gasteiger partial charge in [-0.05, 0) is 37.1 Å². The van der Waals surface area contributed by atoms with Crippen LogP contribution in [0.2, 0.25) is 0 Å². The first-order valence-electron chi connectivity index (χ1n) is 10.4. The summed E-state index contributed by atoms with van der Waals surface area (Å²) < 4.78 is 27.9. The number of nitrogens with two attached hydrogens (primary N) is 1. The number of halogens is 2. The number of carbonyl (C=O) groups is 2. The maximum Gasteiger partial charge on any atom is 0.255 e. The molecule has 3 heterocycles. The number of nitrogens with one attached hydrogen (secondary N) is 2. The molecule has 4 rings (SSSR count). The van der Waals surface area contributed by atoms with Crippen molar-refractivity contribution in [2.45, 2.75) is 19.4 Å². The number of amides is 2. The highest BCUT2D eigenvalue weighted by Crippen LogP contribution is 2.23. The molecule has 0 unspecified atom stereocenters. The monoisotopic (exact) mass is 452 g/mol. The molecule has 0 aliphatic carbocycles. The Morgan fingerprint density at radius 3 is 2.33 bits per heavy atom. The number of primary amides is 1. The van der Waals surface area contributed by atoms with Gasteiger partial charge in [-0.15, -0.1) is 0 Å². The van der Waals surface area contributed by atoms with Gasteiger partial charge in [-0.1, -0.05) is 6.07 Å². The average Bonchev–Trinajstić information content (AvgIpc) is 3.34. The van der Waals surface area contributed by atoms with Crippen LogP contribution in [0.25, 0.3) is 0 Å². The van der Waals surface area contributed by atoms with Crippen molar-refractivity contribution < 1.29 is 18.4 Å². The molecule has 170 valence electrons. The summed E-state index contributed by atoms with van der Waals surface area (Å²) in [4.78, 5) is 34.4. The Bertz CT molecular complexity index is 1160. The van der Waals surface area contributed by atoms with Crippen molar-refractivity contribution in [3.8, 4) is 0 Å². The van der Waals surface area contributed by atoms with Gasteiger partial charge in [0.2, 0.25) is 0 Å². The van der Waals surface area contributed by atoms with Crippen LogP contribution in [0, 0.1) is 11.6 Å². The molecule has 1 saturated heterocycles. The van der Waals surface area contributed by atoms with Crippen molar-refractivity contribution in [1.82, 2.24) is 14.9 Å². The number of likely N-dealkylation sites (tertiary alicyclic amines) is 1. The predicted molar refractivity (Wildman–Crippen MR) is 119 cm³/mol. The summed E-state index contributed by atoms with van der Waals surface area (Å²) >= 11 is 0. The van der Waals surface area contributed by atoms with Crippen molar-refractivity contribution in [3.05, 3.63) is 77.1 Å². The van der Waals surface area contributed by atoms with E-state index in [1.807, 2.05) is 0 Å². The van der Waals surface area contributed by atoms with Crippen molar-refractivity contribution in [3.63, 3.8) is 0 Å². The Labute approximate surface area is 188 Å². The van der Waals surface area contributed by atoms with Crippen molar-refractivity contribution in [1.29, 1.82) is 0 Å². The molecular formula is C23H22F2N6O2. The van der Waals surface area contributed by atoms with Crippen LogP contribution in [0.1, 0.15) is 39.1 Å². The third kappa shape index (κ3) is 5.05. The summed E-state index contributed by atoms with van der Waals surface area (Å²) in [5.74, 6) is -1.46. The summed E-state index contributed by atoms with van der Waals surface area (Å²) in [5, 5.41) is 5.82. The molecule has 10 heteroatoms. The number of hydrogen-bond acceptors (Lipinski definition) is 6. The van der Waals surface area contributed by atoms with Gasteiger partial charge in [0, 0.05) is 43.7 Å². The molecule has 8 nitrogen and oxygen atoms in total. The second-order valence-electron chi connectivity index (χ2n) is 7.59. The Morgan fingerprint density at radius 1 is 1.00 bits per heavy atom. The molecule has 2 amide bonds. The summed E-state index contributed by atoms with van der Waals surface area (Å²) in [5.41, 5.74) is 6.05. The summed E-state index contributed by atoms with van der Waals surface area (Å²) in [7, 11) is 0. The van der Waals surface area contributed by atoms with Crippen LogP contribution >= 0.6 is 0 Å². The molecule has 1 fully saturated rings. The molecular weight excluding hydrogens is 430 g/mol. The molecule has 1 aliphatic rings. The van der Waals surface area contributed by atoms with E-state index in [0.29, 0.717) is 17.2 Å². The van der Waals surface area contributed by atoms with Gasteiger partial charge >= 0.3 is 0 Å². The van der Waals surface area contributed by atoms with Crippen LogP contribution in [-0.4, -0.2) is 39.8 Å². The minimum atomic E-state index is -0.742. The lowest BCUT2D eigenvalue weighted by Crippen LogP contribution is -2.27. The number of carbonyl (C=O) groups excluding carboxylic acids is 2. The van der Waals surface area contributed by atoms with Crippen LogP contribution in [-0.2, 0) is 6.54 Å². The van der Waals surface area contributed by atoms with E-state index in [2.05, 4.69) is 20.6 Å². The normalized spacial score (nSPS) is 13.1. The van der Waals surface area contributed by atoms with E-state index in [-0.39, 0.29) is 29.3 Å². The van der Waals surface area contributed by atoms with Gasteiger partial charge < -0.3 is 21.3 Å². The fraction of sp³-hybridized carbons (Fsp3) is 0.217. The van der Waals surface area contributed by atoms with E-state index in [1.165, 1.54) is 24.5 Å². The lowest BCUT2D eigenvalue weighted by atomic mass is 10.1. The van der Waals surface area contributed by atoms with Crippen LogP contribution in [0.4, 0.5) is 26.1 Å². The molecule has 0 atom stereocenters. The zero-order valence-electron chi connectivity index (χ0n) is 17.6. The number of hydrogen-bond donors (Lipinski definition) is 3. The Kier molecular flexibility index (Phi) is 6.43. The molecule has 4 N–H and O–H groups in total. The highest BCUT2D eigenvalue weighted by Gasteiger charge is 2.19. The van der Waals surface area contributed by atoms with E-state index in [9.17, 15) is 18.4 Å². The van der Waals surface area contributed by atoms with Gasteiger partial charge in [0.05, 0.1) is 16.8 Å². The number of nitrogens with zero attached hydrogens (tertiary/aromatic N) is 3. The molecule has 1 aliphatic heterocycles. The Hall–Kier alpha value is -4.08. The van der Waals surface area contributed by atoms with E-state index in [4.69, 9.17) is 5.73 Å². The fourth-order valence-corrected chi connectivity index (χ4v) is 3.58. The average molecular weight is 452 g/mol. The van der Waals surface area contributed by atoms with E-state index in [1.54, 1.807) is 17.0 Å². The second kappa shape index (κ2) is 9.60. The van der Waals surface area contributed by atoms with Gasteiger partial charge in [0.15, 0.2) is 0 Å². The van der Waals surface area contributed by atoms with Crippen LogP contribution in [0.3, 0.4) is 0 Å². The first kappa shape index (κ1) is 22.1. The quantitative estimate of drug-likeness (QED) is 0.506. The van der Waals surface area contributed by atoms with Crippen LogP contribution < -0.4 is 16.4 Å². The van der Waals surface area contributed by atoms with Crippen LogP contribution in [0.15, 0.2) is 48.8 Å². The van der Waals surface area contributed by atoms with Gasteiger partial charge in [-0.25, -0.2) is 18.7 Å². The maximum absolute atomic E-state index is 13.9. The first-order valence-corrected chi connectivity index (χ1v) is 10.4. The van der Waals surface area contributed by atoms with Crippen molar-refractivity contribution >= 4 is 29.1 Å². The topological polar surface area (TPSA) is 113 Å². The molecule has 1 aromatic carbocycles. The predicted octanol–water partition coefficient (Wildman–Crippen LogP) is 3.45. The standard InChI is InChI=1S/C23H22F2N6O2/c24-17-4-3-5-18(25)15(17)12-27-19-10-21(29-13-16(19)22(26)32)30-20-7-6-14(11-28-20)23(33)31-8-1-2-9-31/h3-7,10-11,13H,1-2,8-9,12H2,(H2,26,32)(H2,27,28,29,30). The fourth-order valence-electron chi connectivity index (χ4n) is 3.58. The number of anilines is 3. The Balaban J connectivity index is 1.50. The zero-order chi connectivity index (χ0) is 23.4. The third-order valence-corrected chi connectivity index (χ3v) is 5.35. The lowest BCUT2D eigenvalue weighted by Gasteiger charge is -2.15. The van der Waals surface area contributed by atoms with Gasteiger partial charge in [0.1, 0.15) is 23.3 Å².